The number of carbonyl (C=O) groups is 1. The van der Waals surface area contributed by atoms with E-state index in [-0.39, 0.29) is 12.5 Å². The zero-order valence-corrected chi connectivity index (χ0v) is 16.7. The van der Waals surface area contributed by atoms with Crippen molar-refractivity contribution in [3.8, 4) is 5.75 Å². The average molecular weight is 393 g/mol. The molecule has 29 heavy (non-hydrogen) atoms. The van der Waals surface area contributed by atoms with Gasteiger partial charge in [-0.15, -0.1) is 0 Å². The van der Waals surface area contributed by atoms with E-state index in [1.165, 1.54) is 12.7 Å². The molecule has 0 radical (unpaired) electrons. The average Bonchev–Trinajstić information content (AvgIpc) is 2.76. The molecule has 0 saturated heterocycles. The van der Waals surface area contributed by atoms with Crippen LogP contribution in [-0.4, -0.2) is 24.7 Å². The largest absolute Gasteiger partial charge is 0.478 e. The lowest BCUT2D eigenvalue weighted by atomic mass is 9.99. The fourth-order valence-corrected chi connectivity index (χ4v) is 3.79. The van der Waals surface area contributed by atoms with E-state index in [2.05, 4.69) is 24.0 Å². The normalized spacial score (nSPS) is 14.9. The Morgan fingerprint density at radius 3 is 2.69 bits per heavy atom. The Labute approximate surface area is 168 Å². The minimum Gasteiger partial charge on any atom is -0.478 e. The predicted octanol–water partition coefficient (Wildman–Crippen LogP) is 3.73. The van der Waals surface area contributed by atoms with Gasteiger partial charge in [-0.25, -0.2) is 4.79 Å². The van der Waals surface area contributed by atoms with Crippen LogP contribution >= 0.6 is 0 Å². The van der Waals surface area contributed by atoms with Gasteiger partial charge in [0.1, 0.15) is 18.1 Å². The topological polar surface area (TPSA) is 69.0 Å². The maximum atomic E-state index is 12.6. The van der Waals surface area contributed by atoms with Crippen molar-refractivity contribution in [1.82, 2.24) is 4.90 Å². The van der Waals surface area contributed by atoms with E-state index in [1.807, 2.05) is 37.3 Å². The number of methoxy groups -OCH3 is 1. The summed E-state index contributed by atoms with van der Waals surface area (Å²) in [6.07, 6.45) is -0.106. The number of benzene rings is 2. The van der Waals surface area contributed by atoms with Crippen molar-refractivity contribution in [2.75, 3.05) is 13.8 Å². The molecule has 0 amide bonds. The minimum absolute atomic E-state index is 0.106. The first-order valence-corrected chi connectivity index (χ1v) is 9.56. The molecule has 1 aliphatic rings. The Morgan fingerprint density at radius 1 is 1.21 bits per heavy atom. The summed E-state index contributed by atoms with van der Waals surface area (Å²) in [6, 6.07) is 14.1. The summed E-state index contributed by atoms with van der Waals surface area (Å²) in [5, 5.41) is 0.806. The molecule has 1 aliphatic heterocycles. The third kappa shape index (κ3) is 3.51. The van der Waals surface area contributed by atoms with E-state index in [0.717, 1.165) is 22.3 Å². The summed E-state index contributed by atoms with van der Waals surface area (Å²) in [6.45, 7) is 5.02. The highest BCUT2D eigenvalue weighted by molar-refractivity contribution is 5.87. The first-order valence-electron chi connectivity index (χ1n) is 9.56. The quantitative estimate of drug-likeness (QED) is 0.497. The monoisotopic (exact) mass is 393 g/mol. The molecule has 6 nitrogen and oxygen atoms in total. The highest BCUT2D eigenvalue weighted by Crippen LogP contribution is 2.36. The molecular weight excluding hydrogens is 370 g/mol. The van der Waals surface area contributed by atoms with Gasteiger partial charge in [0.25, 0.3) is 0 Å². The van der Waals surface area contributed by atoms with Crippen LogP contribution in [0.25, 0.3) is 11.0 Å². The van der Waals surface area contributed by atoms with Gasteiger partial charge in [0.15, 0.2) is 0 Å². The number of hydrogen-bond acceptors (Lipinski definition) is 6. The van der Waals surface area contributed by atoms with E-state index in [1.54, 1.807) is 0 Å². The van der Waals surface area contributed by atoms with Crippen molar-refractivity contribution in [2.45, 2.75) is 32.9 Å². The van der Waals surface area contributed by atoms with Crippen LogP contribution in [0.4, 0.5) is 0 Å². The van der Waals surface area contributed by atoms with Crippen molar-refractivity contribution < 1.29 is 18.7 Å². The van der Waals surface area contributed by atoms with Gasteiger partial charge >= 0.3 is 11.6 Å². The number of rotatable bonds is 4. The smallest absolute Gasteiger partial charge is 0.340 e. The first-order chi connectivity index (χ1) is 14.0. The first kappa shape index (κ1) is 19.2. The van der Waals surface area contributed by atoms with E-state index in [0.29, 0.717) is 24.4 Å². The van der Waals surface area contributed by atoms with Gasteiger partial charge in [0.2, 0.25) is 0 Å². The summed E-state index contributed by atoms with van der Waals surface area (Å²) in [4.78, 5) is 26.5. The second-order valence-corrected chi connectivity index (χ2v) is 7.27. The molecule has 0 aliphatic carbocycles. The maximum absolute atomic E-state index is 12.6. The molecule has 1 aromatic heterocycles. The van der Waals surface area contributed by atoms with Gasteiger partial charge in [-0.1, -0.05) is 30.3 Å². The van der Waals surface area contributed by atoms with Gasteiger partial charge in [0, 0.05) is 18.0 Å². The SMILES string of the molecule is COC(=O)Cc1c(C)c2ccc3c(c2oc1=O)CN(C(C)c1ccccc1)CO3. The fourth-order valence-electron chi connectivity index (χ4n) is 3.79. The molecule has 0 bridgehead atoms. The summed E-state index contributed by atoms with van der Waals surface area (Å²) in [5.41, 5.74) is 3.11. The summed E-state index contributed by atoms with van der Waals surface area (Å²) >= 11 is 0. The fraction of sp³-hybridized carbons (Fsp3) is 0.304. The summed E-state index contributed by atoms with van der Waals surface area (Å²) in [7, 11) is 1.30. The van der Waals surface area contributed by atoms with E-state index < -0.39 is 11.6 Å². The van der Waals surface area contributed by atoms with Crippen LogP contribution in [0, 0.1) is 6.92 Å². The molecule has 1 unspecified atom stereocenters. The van der Waals surface area contributed by atoms with Gasteiger partial charge in [0.05, 0.1) is 24.7 Å². The molecule has 1 atom stereocenters. The van der Waals surface area contributed by atoms with E-state index in [9.17, 15) is 9.59 Å². The lowest BCUT2D eigenvalue weighted by Crippen LogP contribution is -2.34. The molecule has 0 spiro atoms. The third-order valence-corrected chi connectivity index (χ3v) is 5.64. The third-order valence-electron chi connectivity index (χ3n) is 5.64. The predicted molar refractivity (Wildman–Crippen MR) is 109 cm³/mol. The van der Waals surface area contributed by atoms with Crippen LogP contribution in [0.15, 0.2) is 51.7 Å². The van der Waals surface area contributed by atoms with Gasteiger partial charge in [-0.05, 0) is 37.1 Å². The van der Waals surface area contributed by atoms with Crippen LogP contribution in [-0.2, 0) is 22.5 Å². The number of carbonyl (C=O) groups excluding carboxylic acids is 1. The number of fused-ring (bicyclic) bond motifs is 3. The molecule has 4 rings (SSSR count). The van der Waals surface area contributed by atoms with Crippen LogP contribution in [0.1, 0.15) is 35.2 Å². The molecular formula is C23H23NO5. The van der Waals surface area contributed by atoms with E-state index >= 15 is 0 Å². The Bertz CT molecular complexity index is 1120. The van der Waals surface area contributed by atoms with Gasteiger partial charge < -0.3 is 13.9 Å². The highest BCUT2D eigenvalue weighted by Gasteiger charge is 2.27. The molecule has 150 valence electrons. The van der Waals surface area contributed by atoms with Crippen LogP contribution in [0.2, 0.25) is 0 Å². The van der Waals surface area contributed by atoms with Crippen LogP contribution < -0.4 is 10.4 Å². The number of ether oxygens (including phenoxy) is 2. The molecule has 6 heteroatoms. The lowest BCUT2D eigenvalue weighted by Gasteiger charge is -2.34. The Hall–Kier alpha value is -3.12. The van der Waals surface area contributed by atoms with E-state index in [4.69, 9.17) is 13.9 Å². The van der Waals surface area contributed by atoms with Crippen molar-refractivity contribution in [3.63, 3.8) is 0 Å². The van der Waals surface area contributed by atoms with Gasteiger partial charge in [-0.2, -0.15) is 0 Å². The second kappa shape index (κ2) is 7.72. The van der Waals surface area contributed by atoms with Crippen molar-refractivity contribution in [3.05, 3.63) is 75.1 Å². The van der Waals surface area contributed by atoms with Crippen molar-refractivity contribution in [2.24, 2.45) is 0 Å². The Kier molecular flexibility index (Phi) is 5.11. The highest BCUT2D eigenvalue weighted by atomic mass is 16.5. The van der Waals surface area contributed by atoms with Gasteiger partial charge in [-0.3, -0.25) is 9.69 Å². The minimum atomic E-state index is -0.512. The molecule has 2 aromatic carbocycles. The summed E-state index contributed by atoms with van der Waals surface area (Å²) < 4.78 is 16.4. The zero-order chi connectivity index (χ0) is 20.5. The molecule has 0 N–H and O–H groups in total. The molecule has 2 heterocycles. The zero-order valence-electron chi connectivity index (χ0n) is 16.7. The van der Waals surface area contributed by atoms with Crippen LogP contribution in [0.3, 0.4) is 0 Å². The second-order valence-electron chi connectivity index (χ2n) is 7.27. The standard InChI is InChI=1S/C23H23NO5/c1-14-17-9-10-20-19(22(17)29-23(26)18(14)11-21(25)27-3)12-24(13-28-20)15(2)16-7-5-4-6-8-16/h4-10,15H,11-13H2,1-3H3. The van der Waals surface area contributed by atoms with Crippen molar-refractivity contribution in [1.29, 1.82) is 0 Å². The Morgan fingerprint density at radius 2 is 1.97 bits per heavy atom. The maximum Gasteiger partial charge on any atom is 0.340 e. The summed E-state index contributed by atoms with van der Waals surface area (Å²) in [5.74, 6) is 0.251. The molecule has 0 fully saturated rings. The molecule has 3 aromatic rings. The number of nitrogens with zero attached hydrogens (tertiary/aromatic N) is 1. The van der Waals surface area contributed by atoms with Crippen molar-refractivity contribution >= 4 is 16.9 Å². The molecule has 0 saturated carbocycles. The lowest BCUT2D eigenvalue weighted by molar-refractivity contribution is -0.139. The number of hydrogen-bond donors (Lipinski definition) is 0. The number of esters is 1. The van der Waals surface area contributed by atoms with Crippen LogP contribution in [0.5, 0.6) is 5.75 Å². The number of aryl methyl sites for hydroxylation is 1. The Balaban J connectivity index is 1.75.